The van der Waals surface area contributed by atoms with Gasteiger partial charge in [-0.2, -0.15) is 0 Å². The Kier molecular flexibility index (Phi) is 6.53. The first kappa shape index (κ1) is 20.9. The molecule has 0 aromatic heterocycles. The number of benzene rings is 3. The topological polar surface area (TPSA) is 52.7 Å². The van der Waals surface area contributed by atoms with Gasteiger partial charge in [-0.3, -0.25) is 9.59 Å². The van der Waals surface area contributed by atoms with Gasteiger partial charge < -0.3 is 15.1 Å². The number of rotatable bonds is 5. The summed E-state index contributed by atoms with van der Waals surface area (Å²) in [5, 5.41) is 3.45. The first-order valence-electron chi connectivity index (χ1n) is 10.3. The van der Waals surface area contributed by atoms with E-state index in [1.165, 1.54) is 0 Å². The zero-order valence-electron chi connectivity index (χ0n) is 17.1. The van der Waals surface area contributed by atoms with Crippen LogP contribution in [-0.2, 0) is 4.79 Å². The van der Waals surface area contributed by atoms with E-state index in [1.54, 1.807) is 17.0 Å². The molecule has 0 spiro atoms. The van der Waals surface area contributed by atoms with Crippen LogP contribution in [0.3, 0.4) is 0 Å². The van der Waals surface area contributed by atoms with Gasteiger partial charge in [-0.1, -0.05) is 60.1 Å². The summed E-state index contributed by atoms with van der Waals surface area (Å²) in [5.74, 6) is -0.314. The molecule has 0 saturated carbocycles. The average molecular weight is 434 g/mol. The molecular formula is C25H24ClN3O2. The van der Waals surface area contributed by atoms with Crippen LogP contribution >= 0.6 is 11.6 Å². The molecule has 0 atom stereocenters. The molecule has 6 heteroatoms. The minimum absolute atomic E-state index is 0.00354. The monoisotopic (exact) mass is 433 g/mol. The van der Waals surface area contributed by atoms with Crippen molar-refractivity contribution in [3.05, 3.63) is 89.4 Å². The second-order valence-electron chi connectivity index (χ2n) is 7.47. The number of anilines is 1. The smallest absolute Gasteiger partial charge is 0.251 e. The number of piperazine rings is 1. The van der Waals surface area contributed by atoms with Crippen LogP contribution in [0.15, 0.2) is 78.9 Å². The van der Waals surface area contributed by atoms with E-state index in [0.717, 1.165) is 29.9 Å². The van der Waals surface area contributed by atoms with E-state index in [9.17, 15) is 9.59 Å². The lowest BCUT2D eigenvalue weighted by Crippen LogP contribution is -2.51. The molecule has 0 radical (unpaired) electrons. The van der Waals surface area contributed by atoms with Crippen molar-refractivity contribution in [2.45, 2.75) is 0 Å². The van der Waals surface area contributed by atoms with Crippen molar-refractivity contribution in [3.63, 3.8) is 0 Å². The number of nitrogens with zero attached hydrogens (tertiary/aromatic N) is 2. The second kappa shape index (κ2) is 9.67. The normalized spacial score (nSPS) is 13.7. The molecule has 1 fully saturated rings. The maximum Gasteiger partial charge on any atom is 0.251 e. The van der Waals surface area contributed by atoms with E-state index in [4.69, 9.17) is 11.6 Å². The summed E-state index contributed by atoms with van der Waals surface area (Å²) >= 11 is 6.07. The quantitative estimate of drug-likeness (QED) is 0.659. The highest BCUT2D eigenvalue weighted by Gasteiger charge is 2.21. The fraction of sp³-hybridized carbons (Fsp3) is 0.200. The molecule has 0 aliphatic carbocycles. The molecule has 3 aromatic rings. The maximum atomic E-state index is 12.5. The Bertz CT molecular complexity index is 1050. The zero-order valence-corrected chi connectivity index (χ0v) is 17.9. The van der Waals surface area contributed by atoms with Crippen molar-refractivity contribution >= 4 is 29.1 Å². The van der Waals surface area contributed by atoms with Crippen LogP contribution in [0, 0.1) is 0 Å². The lowest BCUT2D eigenvalue weighted by atomic mass is 10.0. The van der Waals surface area contributed by atoms with E-state index in [-0.39, 0.29) is 18.4 Å². The Morgan fingerprint density at radius 2 is 1.48 bits per heavy atom. The van der Waals surface area contributed by atoms with Gasteiger partial charge in [0.15, 0.2) is 0 Å². The molecule has 1 aliphatic heterocycles. The summed E-state index contributed by atoms with van der Waals surface area (Å²) < 4.78 is 0. The van der Waals surface area contributed by atoms with Crippen molar-refractivity contribution in [3.8, 4) is 11.1 Å². The number of nitrogens with one attached hydrogen (secondary N) is 1. The third-order valence-electron chi connectivity index (χ3n) is 5.46. The molecule has 5 nitrogen and oxygen atoms in total. The van der Waals surface area contributed by atoms with Crippen LogP contribution < -0.4 is 10.2 Å². The molecule has 4 rings (SSSR count). The Labute approximate surface area is 187 Å². The number of carbonyl (C=O) groups excluding carboxylic acids is 2. The summed E-state index contributed by atoms with van der Waals surface area (Å²) in [6.45, 7) is 2.71. The fourth-order valence-electron chi connectivity index (χ4n) is 3.70. The summed E-state index contributed by atoms with van der Waals surface area (Å²) in [6.07, 6.45) is 0. The van der Waals surface area contributed by atoms with E-state index in [2.05, 4.69) is 10.2 Å². The van der Waals surface area contributed by atoms with Crippen LogP contribution in [0.2, 0.25) is 5.02 Å². The Morgan fingerprint density at radius 3 is 2.16 bits per heavy atom. The summed E-state index contributed by atoms with van der Waals surface area (Å²) in [5.41, 5.74) is 3.75. The summed E-state index contributed by atoms with van der Waals surface area (Å²) in [7, 11) is 0. The van der Waals surface area contributed by atoms with Gasteiger partial charge in [-0.15, -0.1) is 0 Å². The van der Waals surface area contributed by atoms with Crippen LogP contribution in [0.5, 0.6) is 0 Å². The van der Waals surface area contributed by atoms with Gasteiger partial charge >= 0.3 is 0 Å². The highest BCUT2D eigenvalue weighted by molar-refractivity contribution is 6.30. The van der Waals surface area contributed by atoms with Gasteiger partial charge in [0.05, 0.1) is 6.54 Å². The highest BCUT2D eigenvalue weighted by atomic mass is 35.5. The lowest BCUT2D eigenvalue weighted by Gasteiger charge is -2.36. The van der Waals surface area contributed by atoms with Crippen molar-refractivity contribution in [1.82, 2.24) is 10.2 Å². The predicted octanol–water partition coefficient (Wildman–Crippen LogP) is 4.09. The molecule has 31 heavy (non-hydrogen) atoms. The number of hydrogen-bond donors (Lipinski definition) is 1. The van der Waals surface area contributed by atoms with Crippen LogP contribution in [-0.4, -0.2) is 49.4 Å². The lowest BCUT2D eigenvalue weighted by molar-refractivity contribution is -0.130. The molecule has 1 heterocycles. The van der Waals surface area contributed by atoms with Gasteiger partial charge in [-0.05, 0) is 41.5 Å². The van der Waals surface area contributed by atoms with Gasteiger partial charge in [0, 0.05) is 42.5 Å². The standard InChI is InChI=1S/C25H24ClN3O2/c26-22-7-4-8-23(17-22)28-13-15-29(16-14-28)24(30)18-27-25(31)21-11-9-20(10-12-21)19-5-2-1-3-6-19/h1-12,17H,13-16,18H2,(H,27,31). The molecule has 1 N–H and O–H groups in total. The minimum atomic E-state index is -0.245. The Hall–Kier alpha value is -3.31. The largest absolute Gasteiger partial charge is 0.368 e. The highest BCUT2D eigenvalue weighted by Crippen LogP contribution is 2.21. The first-order chi connectivity index (χ1) is 15.1. The van der Waals surface area contributed by atoms with Crippen molar-refractivity contribution in [2.75, 3.05) is 37.6 Å². The van der Waals surface area contributed by atoms with E-state index < -0.39 is 0 Å². The van der Waals surface area contributed by atoms with Crippen LogP contribution in [0.25, 0.3) is 11.1 Å². The van der Waals surface area contributed by atoms with E-state index in [0.29, 0.717) is 23.7 Å². The number of carbonyl (C=O) groups is 2. The Morgan fingerprint density at radius 1 is 0.806 bits per heavy atom. The third kappa shape index (κ3) is 5.25. The molecule has 0 bridgehead atoms. The second-order valence-corrected chi connectivity index (χ2v) is 7.91. The van der Waals surface area contributed by atoms with Crippen molar-refractivity contribution in [1.29, 1.82) is 0 Å². The molecule has 2 amide bonds. The maximum absolute atomic E-state index is 12.5. The molecule has 158 valence electrons. The third-order valence-corrected chi connectivity index (χ3v) is 5.70. The SMILES string of the molecule is O=C(NCC(=O)N1CCN(c2cccc(Cl)c2)CC1)c1ccc(-c2ccccc2)cc1. The zero-order chi connectivity index (χ0) is 21.6. The molecule has 3 aromatic carbocycles. The minimum Gasteiger partial charge on any atom is -0.368 e. The van der Waals surface area contributed by atoms with Gasteiger partial charge in [-0.25, -0.2) is 0 Å². The number of amides is 2. The number of halogens is 1. The van der Waals surface area contributed by atoms with E-state index >= 15 is 0 Å². The van der Waals surface area contributed by atoms with Gasteiger partial charge in [0.2, 0.25) is 5.91 Å². The van der Waals surface area contributed by atoms with Crippen molar-refractivity contribution < 1.29 is 9.59 Å². The predicted molar refractivity (Wildman–Crippen MR) is 124 cm³/mol. The summed E-state index contributed by atoms with van der Waals surface area (Å²) in [4.78, 5) is 29.0. The number of hydrogen-bond acceptors (Lipinski definition) is 3. The van der Waals surface area contributed by atoms with Crippen molar-refractivity contribution in [2.24, 2.45) is 0 Å². The van der Waals surface area contributed by atoms with Gasteiger partial charge in [0.25, 0.3) is 5.91 Å². The van der Waals surface area contributed by atoms with Gasteiger partial charge in [0.1, 0.15) is 0 Å². The molecule has 1 aliphatic rings. The Balaban J connectivity index is 1.26. The fourth-order valence-corrected chi connectivity index (χ4v) is 3.89. The molecular weight excluding hydrogens is 410 g/mol. The average Bonchev–Trinajstić information content (AvgIpc) is 2.83. The van der Waals surface area contributed by atoms with Crippen LogP contribution in [0.1, 0.15) is 10.4 Å². The molecule has 1 saturated heterocycles. The van der Waals surface area contributed by atoms with E-state index in [1.807, 2.05) is 66.7 Å². The molecule has 0 unspecified atom stereocenters. The summed E-state index contributed by atoms with van der Waals surface area (Å²) in [6, 6.07) is 25.1. The van der Waals surface area contributed by atoms with Crippen LogP contribution in [0.4, 0.5) is 5.69 Å². The first-order valence-corrected chi connectivity index (χ1v) is 10.7.